The molecule has 23 heavy (non-hydrogen) atoms. The first-order valence-corrected chi connectivity index (χ1v) is 8.63. The molecule has 0 aliphatic heterocycles. The fraction of sp³-hybridized carbons (Fsp3) is 0.579. The Kier molecular flexibility index (Phi) is 7.11. The number of hydrogen-bond donors (Lipinski definition) is 1. The highest BCUT2D eigenvalue weighted by atomic mass is 16.5. The predicted molar refractivity (Wildman–Crippen MR) is 90.5 cm³/mol. The van der Waals surface area contributed by atoms with Crippen molar-refractivity contribution in [3.05, 3.63) is 29.8 Å². The van der Waals surface area contributed by atoms with Crippen molar-refractivity contribution in [2.24, 2.45) is 5.92 Å². The van der Waals surface area contributed by atoms with Gasteiger partial charge in [-0.3, -0.25) is 9.59 Å². The van der Waals surface area contributed by atoms with Crippen molar-refractivity contribution in [1.82, 2.24) is 5.32 Å². The number of amides is 1. The lowest BCUT2D eigenvalue weighted by atomic mass is 9.94. The summed E-state index contributed by atoms with van der Waals surface area (Å²) in [5.74, 6) is 0.531. The van der Waals surface area contributed by atoms with Crippen LogP contribution < -0.4 is 10.1 Å². The standard InChI is InChI=1S/C19H27NO3/c1-23-17-10-8-15(9-11-17)12-13-20-19(22)18(21)14-16-6-4-2-3-5-7-16/h8-11,16H,2-7,12-14H2,1H3,(H,20,22). The van der Waals surface area contributed by atoms with Gasteiger partial charge < -0.3 is 10.1 Å². The third-order valence-corrected chi connectivity index (χ3v) is 4.56. The van der Waals surface area contributed by atoms with Gasteiger partial charge in [0, 0.05) is 13.0 Å². The summed E-state index contributed by atoms with van der Waals surface area (Å²) in [7, 11) is 1.63. The first kappa shape index (κ1) is 17.5. The molecule has 1 aliphatic carbocycles. The summed E-state index contributed by atoms with van der Waals surface area (Å²) in [6.45, 7) is 0.488. The van der Waals surface area contributed by atoms with Crippen LogP contribution in [-0.2, 0) is 16.0 Å². The first-order valence-electron chi connectivity index (χ1n) is 8.63. The number of Topliss-reactive ketones (excluding diaryl/α,β-unsaturated/α-hetero) is 1. The van der Waals surface area contributed by atoms with Gasteiger partial charge in [-0.1, -0.05) is 50.7 Å². The van der Waals surface area contributed by atoms with Gasteiger partial charge in [-0.15, -0.1) is 0 Å². The van der Waals surface area contributed by atoms with E-state index in [1.807, 2.05) is 24.3 Å². The highest BCUT2D eigenvalue weighted by Crippen LogP contribution is 2.25. The number of nitrogens with one attached hydrogen (secondary N) is 1. The average molecular weight is 317 g/mol. The minimum atomic E-state index is -0.428. The van der Waals surface area contributed by atoms with Crippen LogP contribution >= 0.6 is 0 Å². The van der Waals surface area contributed by atoms with Gasteiger partial charge in [0.2, 0.25) is 5.78 Å². The molecule has 0 bridgehead atoms. The number of ketones is 1. The Labute approximate surface area is 138 Å². The minimum absolute atomic E-state index is 0.258. The molecule has 1 aliphatic rings. The summed E-state index contributed by atoms with van der Waals surface area (Å²) in [6.07, 6.45) is 8.21. The van der Waals surface area contributed by atoms with Gasteiger partial charge in [0.05, 0.1) is 7.11 Å². The minimum Gasteiger partial charge on any atom is -0.497 e. The van der Waals surface area contributed by atoms with E-state index in [9.17, 15) is 9.59 Å². The lowest BCUT2D eigenvalue weighted by molar-refractivity contribution is -0.138. The summed E-state index contributed by atoms with van der Waals surface area (Å²) >= 11 is 0. The van der Waals surface area contributed by atoms with E-state index in [1.54, 1.807) is 7.11 Å². The molecule has 1 aromatic rings. The molecule has 0 heterocycles. The maximum absolute atomic E-state index is 12.0. The van der Waals surface area contributed by atoms with Gasteiger partial charge in [0.25, 0.3) is 5.91 Å². The highest BCUT2D eigenvalue weighted by molar-refractivity contribution is 6.36. The van der Waals surface area contributed by atoms with Gasteiger partial charge >= 0.3 is 0 Å². The van der Waals surface area contributed by atoms with Crippen LogP contribution in [0.5, 0.6) is 5.75 Å². The normalized spacial score (nSPS) is 15.7. The van der Waals surface area contributed by atoms with Crippen molar-refractivity contribution in [2.75, 3.05) is 13.7 Å². The van der Waals surface area contributed by atoms with Gasteiger partial charge in [0.1, 0.15) is 5.75 Å². The van der Waals surface area contributed by atoms with E-state index in [0.717, 1.165) is 24.2 Å². The Morgan fingerprint density at radius 3 is 2.35 bits per heavy atom. The summed E-state index contributed by atoms with van der Waals surface area (Å²) in [4.78, 5) is 23.9. The lowest BCUT2D eigenvalue weighted by Crippen LogP contribution is -2.33. The molecule has 126 valence electrons. The molecule has 0 atom stereocenters. The van der Waals surface area contributed by atoms with E-state index in [2.05, 4.69) is 5.32 Å². The molecular formula is C19H27NO3. The number of carbonyl (C=O) groups is 2. The summed E-state index contributed by atoms with van der Waals surface area (Å²) < 4.78 is 5.11. The maximum Gasteiger partial charge on any atom is 0.287 e. The SMILES string of the molecule is COc1ccc(CCNC(=O)C(=O)CC2CCCCCC2)cc1. The Balaban J connectivity index is 1.69. The van der Waals surface area contributed by atoms with E-state index in [0.29, 0.717) is 25.3 Å². The molecule has 0 aromatic heterocycles. The van der Waals surface area contributed by atoms with Crippen molar-refractivity contribution in [3.63, 3.8) is 0 Å². The molecule has 1 N–H and O–H groups in total. The molecule has 1 fully saturated rings. The largest absolute Gasteiger partial charge is 0.497 e. The summed E-state index contributed by atoms with van der Waals surface area (Å²) in [5, 5.41) is 2.74. The zero-order chi connectivity index (χ0) is 16.5. The Morgan fingerprint density at radius 1 is 1.09 bits per heavy atom. The summed E-state index contributed by atoms with van der Waals surface area (Å²) in [5.41, 5.74) is 1.11. The molecule has 1 saturated carbocycles. The second-order valence-corrected chi connectivity index (χ2v) is 6.34. The monoisotopic (exact) mass is 317 g/mol. The van der Waals surface area contributed by atoms with E-state index >= 15 is 0 Å². The van der Waals surface area contributed by atoms with Crippen LogP contribution in [0.4, 0.5) is 0 Å². The second-order valence-electron chi connectivity index (χ2n) is 6.34. The fourth-order valence-corrected chi connectivity index (χ4v) is 3.13. The fourth-order valence-electron chi connectivity index (χ4n) is 3.13. The highest BCUT2D eigenvalue weighted by Gasteiger charge is 2.20. The van der Waals surface area contributed by atoms with Crippen LogP contribution in [0, 0.1) is 5.92 Å². The topological polar surface area (TPSA) is 55.4 Å². The predicted octanol–water partition coefficient (Wildman–Crippen LogP) is 3.28. The van der Waals surface area contributed by atoms with Crippen molar-refractivity contribution < 1.29 is 14.3 Å². The number of rotatable bonds is 7. The van der Waals surface area contributed by atoms with Crippen molar-refractivity contribution >= 4 is 11.7 Å². The Hall–Kier alpha value is -1.84. The van der Waals surface area contributed by atoms with E-state index in [1.165, 1.54) is 25.7 Å². The van der Waals surface area contributed by atoms with Crippen LogP contribution in [0.25, 0.3) is 0 Å². The van der Waals surface area contributed by atoms with Crippen LogP contribution in [0.1, 0.15) is 50.5 Å². The van der Waals surface area contributed by atoms with Crippen LogP contribution in [0.3, 0.4) is 0 Å². The molecule has 4 heteroatoms. The third-order valence-electron chi connectivity index (χ3n) is 4.56. The molecular weight excluding hydrogens is 290 g/mol. The number of hydrogen-bond acceptors (Lipinski definition) is 3. The first-order chi connectivity index (χ1) is 11.2. The molecule has 1 amide bonds. The van der Waals surface area contributed by atoms with Crippen molar-refractivity contribution in [2.45, 2.75) is 51.4 Å². The summed E-state index contributed by atoms with van der Waals surface area (Å²) in [6, 6.07) is 7.74. The quantitative estimate of drug-likeness (QED) is 0.620. The molecule has 0 unspecified atom stereocenters. The number of carbonyl (C=O) groups excluding carboxylic acids is 2. The average Bonchev–Trinajstić information content (AvgIpc) is 2.84. The Morgan fingerprint density at radius 2 is 1.74 bits per heavy atom. The van der Waals surface area contributed by atoms with E-state index in [-0.39, 0.29) is 5.78 Å². The Bertz CT molecular complexity index is 502. The molecule has 2 rings (SSSR count). The van der Waals surface area contributed by atoms with Gasteiger partial charge in [-0.2, -0.15) is 0 Å². The zero-order valence-electron chi connectivity index (χ0n) is 14.0. The number of ether oxygens (including phenoxy) is 1. The van der Waals surface area contributed by atoms with Crippen molar-refractivity contribution in [3.8, 4) is 5.75 Å². The smallest absolute Gasteiger partial charge is 0.287 e. The van der Waals surface area contributed by atoms with Gasteiger partial charge in [-0.05, 0) is 30.0 Å². The molecule has 4 nitrogen and oxygen atoms in total. The van der Waals surface area contributed by atoms with Crippen LogP contribution in [-0.4, -0.2) is 25.3 Å². The lowest BCUT2D eigenvalue weighted by Gasteiger charge is -2.12. The molecule has 0 saturated heterocycles. The van der Waals surface area contributed by atoms with Gasteiger partial charge in [-0.25, -0.2) is 0 Å². The van der Waals surface area contributed by atoms with Crippen LogP contribution in [0.2, 0.25) is 0 Å². The van der Waals surface area contributed by atoms with E-state index in [4.69, 9.17) is 4.74 Å². The third kappa shape index (κ3) is 6.05. The second kappa shape index (κ2) is 9.33. The van der Waals surface area contributed by atoms with Gasteiger partial charge in [0.15, 0.2) is 0 Å². The van der Waals surface area contributed by atoms with E-state index < -0.39 is 5.91 Å². The maximum atomic E-state index is 12.0. The molecule has 0 spiro atoms. The zero-order valence-corrected chi connectivity index (χ0v) is 14.0. The molecule has 0 radical (unpaired) electrons. The number of benzene rings is 1. The number of methoxy groups -OCH3 is 1. The van der Waals surface area contributed by atoms with Crippen LogP contribution in [0.15, 0.2) is 24.3 Å². The molecule has 1 aromatic carbocycles. The van der Waals surface area contributed by atoms with Crippen molar-refractivity contribution in [1.29, 1.82) is 0 Å².